The SMILES string of the molecule is CC1(C)c2ccccc2-c2ccc(-n3c4ccccc4c4cc(-c5ccc6c(c5)c5ccccc5n6-c5nc(-n6c7ccccc7c7cc(-c8ccc9oc%10ccccc%10c9c8)ccc76)nc(-n6c7ccccc7c7cc8c(cc76)C(C)(C)c6ccccc6-8)n5)ccc43)cc21. The van der Waals surface area contributed by atoms with Crippen molar-refractivity contribution in [2.45, 2.75) is 38.5 Å². The molecule has 0 unspecified atom stereocenters. The lowest BCUT2D eigenvalue weighted by molar-refractivity contribution is 0.660. The number of fused-ring (bicyclic) bond motifs is 21. The third kappa shape index (κ3) is 7.17. The number of hydrogen-bond acceptors (Lipinski definition) is 4. The lowest BCUT2D eigenvalue weighted by atomic mass is 9.82. The zero-order chi connectivity index (χ0) is 62.7. The van der Waals surface area contributed by atoms with Crippen molar-refractivity contribution in [1.29, 1.82) is 0 Å². The molecule has 0 bridgehead atoms. The highest BCUT2D eigenvalue weighted by Gasteiger charge is 2.38. The predicted molar refractivity (Wildman–Crippen MR) is 390 cm³/mol. The first-order chi connectivity index (χ1) is 46.6. The number of rotatable bonds is 6. The first-order valence-electron chi connectivity index (χ1n) is 32.8. The number of aromatic nitrogens is 7. The van der Waals surface area contributed by atoms with Crippen LogP contribution in [0.1, 0.15) is 49.9 Å². The zero-order valence-electron chi connectivity index (χ0n) is 52.5. The van der Waals surface area contributed by atoms with Crippen LogP contribution in [0.4, 0.5) is 0 Å². The molecule has 0 fully saturated rings. The van der Waals surface area contributed by atoms with Gasteiger partial charge in [-0.1, -0.05) is 198 Å². The Bertz CT molecular complexity index is 6620. The van der Waals surface area contributed by atoms with Gasteiger partial charge in [-0.15, -0.1) is 0 Å². The fourth-order valence-corrected chi connectivity index (χ4v) is 16.9. The van der Waals surface area contributed by atoms with Gasteiger partial charge >= 0.3 is 0 Å². The summed E-state index contributed by atoms with van der Waals surface area (Å²) in [7, 11) is 0. The maximum Gasteiger partial charge on any atom is 0.241 e. The van der Waals surface area contributed by atoms with Crippen LogP contribution in [-0.2, 0) is 10.8 Å². The maximum absolute atomic E-state index is 6.29. The van der Waals surface area contributed by atoms with E-state index in [1.54, 1.807) is 0 Å². The van der Waals surface area contributed by atoms with Crippen LogP contribution in [0.3, 0.4) is 0 Å². The van der Waals surface area contributed by atoms with Gasteiger partial charge in [0.15, 0.2) is 0 Å². The van der Waals surface area contributed by atoms with E-state index in [0.29, 0.717) is 17.8 Å². The standard InChI is InChI=1S/C87H57N7O/c1-86(2)69-26-12-5-19-55(69)57-38-37-54(47-71(57)86)91-73-28-14-7-21-58(73)64-43-50(33-39-77(64)91)51-34-40-78-65(44-51)59-22-8-15-29-74(59)92(78)83-88-84(90-85(89-83)94-76-31-17-10-24-61(76)67-48-63-56-20-6-13-27-70(56)87(3,4)72(63)49-80(67)94)93-75-30-16-9-23-60(75)66-45-52(35-41-79(66)93)53-36-42-82-68(46-53)62-25-11-18-32-81(62)95-82/h5-49H,1-4H3. The van der Waals surface area contributed by atoms with E-state index in [-0.39, 0.29) is 10.8 Å². The van der Waals surface area contributed by atoms with Gasteiger partial charge < -0.3 is 8.98 Å². The lowest BCUT2D eigenvalue weighted by Gasteiger charge is -2.22. The van der Waals surface area contributed by atoms with Crippen LogP contribution in [0.15, 0.2) is 277 Å². The molecule has 8 heteroatoms. The molecule has 19 aromatic rings. The number of furan rings is 1. The van der Waals surface area contributed by atoms with Crippen LogP contribution >= 0.6 is 0 Å². The van der Waals surface area contributed by atoms with Gasteiger partial charge in [0.2, 0.25) is 17.8 Å². The van der Waals surface area contributed by atoms with Gasteiger partial charge in [-0.25, -0.2) is 0 Å². The molecule has 13 aromatic carbocycles. The molecule has 21 rings (SSSR count). The quantitative estimate of drug-likeness (QED) is 0.166. The van der Waals surface area contributed by atoms with Crippen molar-refractivity contribution >= 4 is 109 Å². The fourth-order valence-electron chi connectivity index (χ4n) is 16.9. The number of hydrogen-bond donors (Lipinski definition) is 0. The van der Waals surface area contributed by atoms with Crippen LogP contribution in [0.2, 0.25) is 0 Å². The Labute approximate surface area is 545 Å². The van der Waals surface area contributed by atoms with Gasteiger partial charge in [0.25, 0.3) is 0 Å². The van der Waals surface area contributed by atoms with E-state index in [1.807, 2.05) is 12.1 Å². The van der Waals surface area contributed by atoms with E-state index >= 15 is 0 Å². The van der Waals surface area contributed by atoms with Crippen LogP contribution in [0, 0.1) is 0 Å². The molecule has 6 aromatic heterocycles. The van der Waals surface area contributed by atoms with Crippen molar-refractivity contribution in [2.24, 2.45) is 0 Å². The van der Waals surface area contributed by atoms with Crippen LogP contribution in [-0.4, -0.2) is 33.2 Å². The molecular formula is C87H57N7O. The number of nitrogens with zero attached hydrogens (tertiary/aromatic N) is 7. The molecule has 446 valence electrons. The molecule has 0 radical (unpaired) electrons. The van der Waals surface area contributed by atoms with Gasteiger partial charge in [0, 0.05) is 70.4 Å². The first-order valence-corrected chi connectivity index (χ1v) is 32.8. The van der Waals surface area contributed by atoms with Crippen molar-refractivity contribution in [3.63, 3.8) is 0 Å². The van der Waals surface area contributed by atoms with Gasteiger partial charge in [0.1, 0.15) is 11.2 Å². The van der Waals surface area contributed by atoms with E-state index in [0.717, 1.165) is 110 Å². The summed E-state index contributed by atoms with van der Waals surface area (Å²) < 4.78 is 15.5. The maximum atomic E-state index is 6.29. The van der Waals surface area contributed by atoms with Gasteiger partial charge in [-0.3, -0.25) is 13.7 Å². The second kappa shape index (κ2) is 18.8. The van der Waals surface area contributed by atoms with Gasteiger partial charge in [-0.2, -0.15) is 15.0 Å². The highest BCUT2D eigenvalue weighted by Crippen LogP contribution is 2.53. The minimum atomic E-state index is -0.239. The largest absolute Gasteiger partial charge is 0.456 e. The van der Waals surface area contributed by atoms with Gasteiger partial charge in [-0.05, 0) is 170 Å². The highest BCUT2D eigenvalue weighted by atomic mass is 16.3. The predicted octanol–water partition coefficient (Wildman–Crippen LogP) is 22.1. The second-order valence-corrected chi connectivity index (χ2v) is 27.1. The summed E-state index contributed by atoms with van der Waals surface area (Å²) in [5, 5.41) is 11.3. The summed E-state index contributed by atoms with van der Waals surface area (Å²) in [6.45, 7) is 9.41. The third-order valence-electron chi connectivity index (χ3n) is 21.5. The van der Waals surface area contributed by atoms with E-state index < -0.39 is 0 Å². The summed E-state index contributed by atoms with van der Waals surface area (Å²) in [6, 6.07) is 100. The van der Waals surface area contributed by atoms with E-state index in [9.17, 15) is 0 Å². The molecule has 8 nitrogen and oxygen atoms in total. The summed E-state index contributed by atoms with van der Waals surface area (Å²) in [6.07, 6.45) is 0. The molecule has 0 spiro atoms. The molecule has 0 saturated carbocycles. The van der Waals surface area contributed by atoms with E-state index in [1.165, 1.54) is 72.0 Å². The van der Waals surface area contributed by atoms with Crippen LogP contribution < -0.4 is 0 Å². The summed E-state index contributed by atoms with van der Waals surface area (Å²) in [4.78, 5) is 17.2. The minimum absolute atomic E-state index is 0.116. The molecule has 6 heterocycles. The third-order valence-corrected chi connectivity index (χ3v) is 21.5. The van der Waals surface area contributed by atoms with Gasteiger partial charge in [0.05, 0.1) is 44.1 Å². The minimum Gasteiger partial charge on any atom is -0.456 e. The average Bonchev–Trinajstić information content (AvgIpc) is 1.57. The van der Waals surface area contributed by atoms with Crippen molar-refractivity contribution in [3.05, 3.63) is 295 Å². The Morgan fingerprint density at radius 3 is 1.13 bits per heavy atom. The number of para-hydroxylation sites is 5. The molecule has 0 N–H and O–H groups in total. The van der Waals surface area contributed by atoms with Crippen LogP contribution in [0.5, 0.6) is 0 Å². The smallest absolute Gasteiger partial charge is 0.241 e. The Morgan fingerprint density at radius 2 is 0.600 bits per heavy atom. The monoisotopic (exact) mass is 1220 g/mol. The Kier molecular flexibility index (Phi) is 10.4. The topological polar surface area (TPSA) is 71.5 Å². The molecule has 2 aliphatic rings. The Morgan fingerprint density at radius 1 is 0.242 bits per heavy atom. The Balaban J connectivity index is 0.769. The molecule has 0 saturated heterocycles. The molecular weight excluding hydrogens is 1160 g/mol. The summed E-state index contributed by atoms with van der Waals surface area (Å²) in [5.41, 5.74) is 26.0. The zero-order valence-corrected chi connectivity index (χ0v) is 52.5. The van der Waals surface area contributed by atoms with Crippen molar-refractivity contribution in [3.8, 4) is 68.0 Å². The fraction of sp³-hybridized carbons (Fsp3) is 0.0690. The number of benzene rings is 13. The normalized spacial score (nSPS) is 13.9. The van der Waals surface area contributed by atoms with Crippen LogP contribution in [0.25, 0.3) is 177 Å². The summed E-state index contributed by atoms with van der Waals surface area (Å²) in [5.74, 6) is 1.55. The molecule has 0 aliphatic heterocycles. The second-order valence-electron chi connectivity index (χ2n) is 27.1. The van der Waals surface area contributed by atoms with Crippen molar-refractivity contribution in [2.75, 3.05) is 0 Å². The molecule has 0 atom stereocenters. The van der Waals surface area contributed by atoms with E-state index in [4.69, 9.17) is 19.4 Å². The molecule has 2 aliphatic carbocycles. The Hall–Kier alpha value is -12.1. The van der Waals surface area contributed by atoms with Crippen molar-refractivity contribution in [1.82, 2.24) is 33.2 Å². The molecule has 95 heavy (non-hydrogen) atoms. The average molecular weight is 1220 g/mol. The van der Waals surface area contributed by atoms with E-state index in [2.05, 4.69) is 307 Å². The lowest BCUT2D eigenvalue weighted by Crippen LogP contribution is -2.15. The first kappa shape index (κ1) is 52.5. The highest BCUT2D eigenvalue weighted by molar-refractivity contribution is 6.15. The van der Waals surface area contributed by atoms with Crippen molar-refractivity contribution < 1.29 is 4.42 Å². The summed E-state index contributed by atoms with van der Waals surface area (Å²) >= 11 is 0. The molecule has 0 amide bonds.